The number of carbonyl (C=O) groups is 6. The van der Waals surface area contributed by atoms with Crippen LogP contribution in [0.25, 0.3) is 0 Å². The summed E-state index contributed by atoms with van der Waals surface area (Å²) in [6.07, 6.45) is -7.22. The van der Waals surface area contributed by atoms with E-state index in [1.165, 1.54) is 13.8 Å². The molecule has 3 fully saturated rings. The second kappa shape index (κ2) is 16.0. The van der Waals surface area contributed by atoms with Crippen LogP contribution in [-0.2, 0) is 54.0 Å². The fourth-order valence-corrected chi connectivity index (χ4v) is 10.1. The number of fused-ring (bicyclic) bond motifs is 7. The Bertz CT molecular complexity index is 2000. The van der Waals surface area contributed by atoms with E-state index in [0.717, 1.165) is 13.8 Å². The molecule has 6 rings (SSSR count). The molecule has 16 nitrogen and oxygen atoms in total. The predicted molar refractivity (Wildman–Crippen MR) is 210 cm³/mol. The van der Waals surface area contributed by atoms with E-state index in [4.69, 9.17) is 28.4 Å². The Morgan fingerprint density at radius 2 is 1.65 bits per heavy atom. The second-order valence-electron chi connectivity index (χ2n) is 18.4. The summed E-state index contributed by atoms with van der Waals surface area (Å²) in [4.78, 5) is 83.2. The summed E-state index contributed by atoms with van der Waals surface area (Å²) >= 11 is 0. The van der Waals surface area contributed by atoms with E-state index in [9.17, 15) is 39.3 Å². The fraction of sp³-hybridized carbons (Fsp3) is 0.636. The summed E-state index contributed by atoms with van der Waals surface area (Å²) in [7, 11) is 0. The van der Waals surface area contributed by atoms with Crippen LogP contribution in [0.1, 0.15) is 104 Å². The molecular formula is C44H57NO15. The van der Waals surface area contributed by atoms with Gasteiger partial charge in [0.2, 0.25) is 0 Å². The molecule has 2 saturated carbocycles. The van der Waals surface area contributed by atoms with E-state index >= 15 is 4.79 Å². The molecule has 5 aliphatic rings. The van der Waals surface area contributed by atoms with Gasteiger partial charge in [-0.15, -0.1) is 0 Å². The Morgan fingerprint density at radius 3 is 2.27 bits per heavy atom. The minimum absolute atomic E-state index is 0.00913. The van der Waals surface area contributed by atoms with Crippen LogP contribution in [0.4, 0.5) is 4.79 Å². The highest BCUT2D eigenvalue weighted by molar-refractivity contribution is 5.96. The Hall–Kier alpha value is -4.64. The molecule has 2 heterocycles. The van der Waals surface area contributed by atoms with Crippen molar-refractivity contribution in [1.82, 2.24) is 5.32 Å². The Kier molecular flexibility index (Phi) is 12.0. The molecule has 1 aromatic rings. The van der Waals surface area contributed by atoms with Gasteiger partial charge in [0, 0.05) is 32.1 Å². The average Bonchev–Trinajstić information content (AvgIpc) is 3.13. The Balaban J connectivity index is 1.62. The van der Waals surface area contributed by atoms with E-state index in [1.807, 2.05) is 0 Å². The number of Topliss-reactive ketones (excluding diaryl/α,β-unsaturated/α-hetero) is 1. The van der Waals surface area contributed by atoms with Crippen LogP contribution in [0, 0.1) is 16.7 Å². The van der Waals surface area contributed by atoms with Crippen LogP contribution in [0.3, 0.4) is 0 Å². The second-order valence-corrected chi connectivity index (χ2v) is 18.4. The number of nitrogens with one attached hydrogen (secondary N) is 1. The molecule has 60 heavy (non-hydrogen) atoms. The van der Waals surface area contributed by atoms with Crippen molar-refractivity contribution in [2.75, 3.05) is 6.61 Å². The predicted octanol–water partition coefficient (Wildman–Crippen LogP) is 3.35. The van der Waals surface area contributed by atoms with Crippen LogP contribution >= 0.6 is 0 Å². The van der Waals surface area contributed by atoms with Crippen LogP contribution in [0.2, 0.25) is 0 Å². The van der Waals surface area contributed by atoms with Crippen molar-refractivity contribution in [2.45, 2.75) is 154 Å². The van der Waals surface area contributed by atoms with Gasteiger partial charge in [0.1, 0.15) is 29.5 Å². The zero-order valence-corrected chi connectivity index (χ0v) is 35.6. The number of esters is 4. The third-order valence-corrected chi connectivity index (χ3v) is 13.1. The Morgan fingerprint density at radius 1 is 0.967 bits per heavy atom. The van der Waals surface area contributed by atoms with Crippen molar-refractivity contribution in [3.63, 3.8) is 0 Å². The first kappa shape index (κ1) is 44.9. The van der Waals surface area contributed by atoms with Crippen molar-refractivity contribution in [3.05, 3.63) is 58.7 Å². The fourth-order valence-electron chi connectivity index (χ4n) is 10.1. The average molecular weight is 840 g/mol. The number of aliphatic hydroxyl groups excluding tert-OH is 2. The molecule has 0 radical (unpaired) electrons. The lowest BCUT2D eigenvalue weighted by Gasteiger charge is -2.67. The van der Waals surface area contributed by atoms with Crippen LogP contribution in [0.15, 0.2) is 47.6 Å². The van der Waals surface area contributed by atoms with Gasteiger partial charge in [-0.3, -0.25) is 14.4 Å². The lowest BCUT2D eigenvalue weighted by atomic mass is 9.44. The first-order valence-corrected chi connectivity index (χ1v) is 20.3. The number of amides is 1. The maximum Gasteiger partial charge on any atom is 0.407 e. The molecule has 0 spiro atoms. The number of aliphatic hydroxyl groups is 3. The number of aryl methyl sites for hydroxylation is 1. The van der Waals surface area contributed by atoms with Crippen molar-refractivity contribution in [2.24, 2.45) is 16.7 Å². The molecule has 328 valence electrons. The smallest absolute Gasteiger partial charge is 0.407 e. The lowest BCUT2D eigenvalue weighted by molar-refractivity contribution is -0.346. The van der Waals surface area contributed by atoms with Gasteiger partial charge in [-0.2, -0.15) is 0 Å². The van der Waals surface area contributed by atoms with Crippen molar-refractivity contribution >= 4 is 35.8 Å². The molecule has 0 aromatic heterocycles. The molecule has 2 unspecified atom stereocenters. The maximum atomic E-state index is 15.5. The molecule has 1 aromatic carbocycles. The third-order valence-electron chi connectivity index (χ3n) is 13.1. The van der Waals surface area contributed by atoms with Gasteiger partial charge in [0.15, 0.2) is 23.6 Å². The minimum Gasteiger partial charge on any atom is -0.456 e. The van der Waals surface area contributed by atoms with Crippen molar-refractivity contribution in [3.8, 4) is 0 Å². The van der Waals surface area contributed by atoms with E-state index in [0.29, 0.717) is 18.4 Å². The molecular weight excluding hydrogens is 782 g/mol. The highest BCUT2D eigenvalue weighted by Crippen LogP contribution is 2.64. The van der Waals surface area contributed by atoms with Gasteiger partial charge in [-0.25, -0.2) is 14.4 Å². The van der Waals surface area contributed by atoms with Gasteiger partial charge >= 0.3 is 30.0 Å². The molecule has 1 amide bonds. The first-order chi connectivity index (χ1) is 27.9. The van der Waals surface area contributed by atoms with Gasteiger partial charge in [-0.05, 0) is 76.7 Å². The molecule has 4 N–H and O–H groups in total. The highest BCUT2D eigenvalue weighted by Gasteiger charge is 2.78. The number of benzene rings is 1. The quantitative estimate of drug-likeness (QED) is 0.194. The standard InChI is InChI=1S/C44H57NO15/c1-22-28-20-44(54)36(34-42(9,29(48)19-30-43(34,21-55-30)59-24(3)47)35(50)33(56-23(2)46)31(22)41(44,7)8)58-37(51)26-17-14-13-16-25(26)15-11-10-12-18-27(32(49)38(52)57-28)45-39(53)60-40(4,5)6/h10,12-14,16-17,27-30,32-34,36,48-49,54H,11,15,18-21H2,1-9H3,(H,45,53)/t27-,28?,29+,30-,32+,33+,34+,36+,42-,43-,44?/m0/s1. The van der Waals surface area contributed by atoms with E-state index < -0.39 is 118 Å². The number of carbonyl (C=O) groups excluding carboxylic acids is 6. The largest absolute Gasteiger partial charge is 0.456 e. The lowest BCUT2D eigenvalue weighted by Crippen LogP contribution is -2.82. The number of ether oxygens (including phenoxy) is 6. The number of allylic oxidation sites excluding steroid dienone is 1. The van der Waals surface area contributed by atoms with Crippen molar-refractivity contribution in [1.29, 1.82) is 0 Å². The summed E-state index contributed by atoms with van der Waals surface area (Å²) in [5, 5.41) is 39.9. The molecule has 11 atom stereocenters. The first-order valence-electron chi connectivity index (χ1n) is 20.3. The molecule has 2 aliphatic heterocycles. The van der Waals surface area contributed by atoms with Gasteiger partial charge in [0.25, 0.3) is 0 Å². The number of alkyl carbamates (subject to hydrolysis) is 1. The van der Waals surface area contributed by atoms with Crippen LogP contribution in [-0.4, -0.2) is 117 Å². The minimum atomic E-state index is -2.37. The zero-order valence-electron chi connectivity index (χ0n) is 35.6. The number of rotatable bonds is 3. The third kappa shape index (κ3) is 7.64. The Labute approximate surface area is 348 Å². The molecule has 3 aliphatic carbocycles. The number of hydrogen-bond acceptors (Lipinski definition) is 15. The summed E-state index contributed by atoms with van der Waals surface area (Å²) in [6.45, 7) is 13.0. The summed E-state index contributed by atoms with van der Waals surface area (Å²) in [5.41, 5.74) is -7.85. The molecule has 3 bridgehead atoms. The number of ketones is 1. The SMILES string of the molecule is CC(=O)O[C@H]1C(=O)[C@@]2(C)[C@H](O)C[C@@H]3OC[C@@]3(OC(C)=O)[C@@H]2[C@H]2OC(=O)c3ccccc3CCC=CC[C@H](NC(=O)OC(C)(C)C)[C@@H](O)C(=O)OC3CC2(O)C(C)(C)C1=C3C. The molecule has 16 heteroatoms. The van der Waals surface area contributed by atoms with Crippen LogP contribution in [0.5, 0.6) is 0 Å². The van der Waals surface area contributed by atoms with E-state index in [1.54, 1.807) is 71.0 Å². The maximum absolute atomic E-state index is 15.5. The normalized spacial score (nSPS) is 36.6. The van der Waals surface area contributed by atoms with E-state index in [-0.39, 0.29) is 36.2 Å². The van der Waals surface area contributed by atoms with Gasteiger partial charge in [-0.1, -0.05) is 44.2 Å². The highest BCUT2D eigenvalue weighted by atomic mass is 16.6. The van der Waals surface area contributed by atoms with Crippen LogP contribution < -0.4 is 5.32 Å². The summed E-state index contributed by atoms with van der Waals surface area (Å²) in [5.74, 6) is -6.16. The molecule has 1 saturated heterocycles. The van der Waals surface area contributed by atoms with E-state index in [2.05, 4.69) is 5.32 Å². The van der Waals surface area contributed by atoms with Gasteiger partial charge in [0.05, 0.1) is 35.6 Å². The summed E-state index contributed by atoms with van der Waals surface area (Å²) in [6, 6.07) is 5.41. The van der Waals surface area contributed by atoms with Gasteiger partial charge < -0.3 is 49.1 Å². The topological polar surface area (TPSA) is 231 Å². The number of hydrogen-bond donors (Lipinski definition) is 4. The monoisotopic (exact) mass is 839 g/mol. The zero-order chi connectivity index (χ0) is 44.3. The van der Waals surface area contributed by atoms with Crippen molar-refractivity contribution < 1.29 is 72.5 Å². The summed E-state index contributed by atoms with van der Waals surface area (Å²) < 4.78 is 35.8.